The zero-order valence-electron chi connectivity index (χ0n) is 30.4. The van der Waals surface area contributed by atoms with E-state index in [1.807, 2.05) is 41.8 Å². The predicted molar refractivity (Wildman–Crippen MR) is 234 cm³/mol. The van der Waals surface area contributed by atoms with Gasteiger partial charge in [-0.3, -0.25) is 10.3 Å². The SMILES string of the molecule is c1ccc(-c2ccc(C3N=C(c4cc(-c5ccc6c(c5)sc5ccccc56)cc5oc6cnccc6c45)NC(c4ccc5c(c4)oc4ccccc45)N3)cc2)cc1. The van der Waals surface area contributed by atoms with E-state index in [1.54, 1.807) is 6.20 Å². The first kappa shape index (κ1) is 32.2. The molecule has 7 aromatic carbocycles. The highest BCUT2D eigenvalue weighted by molar-refractivity contribution is 7.25. The summed E-state index contributed by atoms with van der Waals surface area (Å²) in [5, 5.41) is 14.4. The first-order valence-electron chi connectivity index (χ1n) is 19.1. The van der Waals surface area contributed by atoms with Crippen LogP contribution in [0.3, 0.4) is 0 Å². The van der Waals surface area contributed by atoms with Gasteiger partial charge in [0.05, 0.1) is 6.20 Å². The smallest absolute Gasteiger partial charge is 0.153 e. The Morgan fingerprint density at radius 3 is 2.12 bits per heavy atom. The molecule has 57 heavy (non-hydrogen) atoms. The third-order valence-electron chi connectivity index (χ3n) is 11.3. The zero-order valence-corrected chi connectivity index (χ0v) is 31.3. The molecular weight excluding hydrogens is 721 g/mol. The Morgan fingerprint density at radius 2 is 1.21 bits per heavy atom. The molecule has 0 spiro atoms. The molecule has 0 radical (unpaired) electrons. The van der Waals surface area contributed by atoms with Crippen molar-refractivity contribution >= 4 is 81.2 Å². The topological polar surface area (TPSA) is 75.6 Å². The minimum Gasteiger partial charge on any atom is -0.456 e. The number of para-hydroxylation sites is 1. The van der Waals surface area contributed by atoms with Crippen molar-refractivity contribution < 1.29 is 8.83 Å². The molecule has 270 valence electrons. The lowest BCUT2D eigenvalue weighted by Crippen LogP contribution is -2.45. The molecule has 0 saturated heterocycles. The molecule has 0 fully saturated rings. The Kier molecular flexibility index (Phi) is 7.20. The minimum absolute atomic E-state index is 0.289. The van der Waals surface area contributed by atoms with Crippen molar-refractivity contribution in [1.29, 1.82) is 0 Å². The van der Waals surface area contributed by atoms with E-state index in [4.69, 9.17) is 13.8 Å². The largest absolute Gasteiger partial charge is 0.456 e. The normalized spacial score (nSPS) is 15.9. The van der Waals surface area contributed by atoms with Gasteiger partial charge in [0, 0.05) is 53.5 Å². The van der Waals surface area contributed by atoms with Crippen LogP contribution in [-0.4, -0.2) is 10.8 Å². The van der Waals surface area contributed by atoms with E-state index in [9.17, 15) is 0 Å². The van der Waals surface area contributed by atoms with Gasteiger partial charge < -0.3 is 14.2 Å². The molecule has 2 atom stereocenters. The van der Waals surface area contributed by atoms with Gasteiger partial charge in [-0.2, -0.15) is 0 Å². The summed E-state index contributed by atoms with van der Waals surface area (Å²) in [6.45, 7) is 0. The van der Waals surface area contributed by atoms with Gasteiger partial charge in [-0.05, 0) is 75.8 Å². The van der Waals surface area contributed by atoms with Gasteiger partial charge in [-0.15, -0.1) is 11.3 Å². The third kappa shape index (κ3) is 5.35. The summed E-state index contributed by atoms with van der Waals surface area (Å²) in [5.41, 5.74) is 10.8. The van der Waals surface area contributed by atoms with Crippen LogP contribution in [0.2, 0.25) is 0 Å². The Balaban J connectivity index is 1.03. The summed E-state index contributed by atoms with van der Waals surface area (Å²) in [4.78, 5) is 9.86. The monoisotopic (exact) mass is 752 g/mol. The molecule has 0 bridgehead atoms. The van der Waals surface area contributed by atoms with E-state index in [0.29, 0.717) is 0 Å². The number of furan rings is 2. The first-order valence-corrected chi connectivity index (χ1v) is 19.9. The van der Waals surface area contributed by atoms with Crippen molar-refractivity contribution in [3.63, 3.8) is 0 Å². The second-order valence-electron chi connectivity index (χ2n) is 14.6. The van der Waals surface area contributed by atoms with Gasteiger partial charge in [-0.25, -0.2) is 4.99 Å². The number of thiophene rings is 1. The Labute approximate surface area is 330 Å². The predicted octanol–water partition coefficient (Wildman–Crippen LogP) is 12.9. The molecule has 2 N–H and O–H groups in total. The molecule has 1 aliphatic heterocycles. The molecule has 5 heterocycles. The highest BCUT2D eigenvalue weighted by atomic mass is 32.1. The number of rotatable bonds is 5. The summed E-state index contributed by atoms with van der Waals surface area (Å²) in [5.74, 6) is 0.773. The Bertz CT molecular complexity index is 3380. The van der Waals surface area contributed by atoms with Gasteiger partial charge in [0.15, 0.2) is 5.58 Å². The number of pyridine rings is 1. The molecule has 0 amide bonds. The fraction of sp³-hybridized carbons (Fsp3) is 0.0400. The molecule has 4 aromatic heterocycles. The van der Waals surface area contributed by atoms with Crippen molar-refractivity contribution in [2.24, 2.45) is 4.99 Å². The average Bonchev–Trinajstić information content (AvgIpc) is 3.97. The van der Waals surface area contributed by atoms with E-state index >= 15 is 0 Å². The standard InChI is InChI=1S/C50H32N4O2S/c1-2-8-29(9-3-1)30-14-16-31(17-15-30)48-52-49(33-19-20-36-35-10-4-6-12-41(35)55-42(36)25-33)54-50(53-48)40-24-34(26-43-47(40)39-22-23-51-28-44(39)56-43)32-18-21-38-37-11-5-7-13-45(37)57-46(38)27-32/h1-28,48-49,52H,(H,53,54). The van der Waals surface area contributed by atoms with Crippen LogP contribution in [0.15, 0.2) is 184 Å². The summed E-state index contributed by atoms with van der Waals surface area (Å²) in [6, 6.07) is 55.7. The summed E-state index contributed by atoms with van der Waals surface area (Å²) in [7, 11) is 0. The number of fused-ring (bicyclic) bond motifs is 9. The second-order valence-corrected chi connectivity index (χ2v) is 15.7. The van der Waals surface area contributed by atoms with Crippen molar-refractivity contribution in [1.82, 2.24) is 15.6 Å². The number of hydrogen-bond acceptors (Lipinski definition) is 7. The number of nitrogens with zero attached hydrogens (tertiary/aromatic N) is 2. The van der Waals surface area contributed by atoms with Crippen LogP contribution >= 0.6 is 11.3 Å². The van der Waals surface area contributed by atoms with Crippen molar-refractivity contribution in [2.75, 3.05) is 0 Å². The van der Waals surface area contributed by atoms with E-state index in [-0.39, 0.29) is 12.3 Å². The maximum absolute atomic E-state index is 6.57. The number of aliphatic imine (C=N–C) groups is 1. The highest BCUT2D eigenvalue weighted by Crippen LogP contribution is 2.40. The molecular formula is C50H32N4O2S. The van der Waals surface area contributed by atoms with E-state index < -0.39 is 0 Å². The summed E-state index contributed by atoms with van der Waals surface area (Å²) in [6.07, 6.45) is 2.98. The molecule has 6 nitrogen and oxygen atoms in total. The molecule has 2 unspecified atom stereocenters. The van der Waals surface area contributed by atoms with E-state index in [0.717, 1.165) is 83.1 Å². The van der Waals surface area contributed by atoms with Gasteiger partial charge in [0.1, 0.15) is 34.9 Å². The second kappa shape index (κ2) is 12.7. The van der Waals surface area contributed by atoms with E-state index in [1.165, 1.54) is 25.7 Å². The number of amidine groups is 1. The van der Waals surface area contributed by atoms with Gasteiger partial charge in [0.2, 0.25) is 0 Å². The quantitative estimate of drug-likeness (QED) is 0.183. The molecule has 0 saturated carbocycles. The van der Waals surface area contributed by atoms with E-state index in [2.05, 4.69) is 149 Å². The molecule has 12 rings (SSSR count). The van der Waals surface area contributed by atoms with Gasteiger partial charge >= 0.3 is 0 Å². The average molecular weight is 753 g/mol. The summed E-state index contributed by atoms with van der Waals surface area (Å²) >= 11 is 1.82. The minimum atomic E-state index is -0.351. The van der Waals surface area contributed by atoms with Crippen LogP contribution in [-0.2, 0) is 0 Å². The zero-order chi connectivity index (χ0) is 37.5. The van der Waals surface area contributed by atoms with Gasteiger partial charge in [-0.1, -0.05) is 115 Å². The van der Waals surface area contributed by atoms with Crippen LogP contribution < -0.4 is 10.6 Å². The fourth-order valence-electron chi connectivity index (χ4n) is 8.47. The first-order chi connectivity index (χ1) is 28.2. The number of benzene rings is 7. The number of aromatic nitrogens is 1. The molecule has 11 aromatic rings. The van der Waals surface area contributed by atoms with Crippen LogP contribution in [0.4, 0.5) is 0 Å². The maximum Gasteiger partial charge on any atom is 0.153 e. The lowest BCUT2D eigenvalue weighted by Gasteiger charge is -2.32. The van der Waals surface area contributed by atoms with Crippen molar-refractivity contribution in [3.05, 3.63) is 187 Å². The molecule has 1 aliphatic rings. The van der Waals surface area contributed by atoms with Crippen LogP contribution in [0.1, 0.15) is 29.0 Å². The fourth-order valence-corrected chi connectivity index (χ4v) is 9.61. The Hall–Kier alpha value is -7.06. The Morgan fingerprint density at radius 1 is 0.491 bits per heavy atom. The van der Waals surface area contributed by atoms with Crippen molar-refractivity contribution in [3.8, 4) is 22.3 Å². The third-order valence-corrected chi connectivity index (χ3v) is 12.4. The maximum atomic E-state index is 6.57. The van der Waals surface area contributed by atoms with Crippen LogP contribution in [0.5, 0.6) is 0 Å². The number of nitrogens with one attached hydrogen (secondary N) is 2. The van der Waals surface area contributed by atoms with Crippen molar-refractivity contribution in [2.45, 2.75) is 12.3 Å². The summed E-state index contributed by atoms with van der Waals surface area (Å²) < 4.78 is 15.5. The molecule has 0 aliphatic carbocycles. The van der Waals surface area contributed by atoms with Crippen LogP contribution in [0, 0.1) is 0 Å². The lowest BCUT2D eigenvalue weighted by molar-refractivity contribution is 0.409. The van der Waals surface area contributed by atoms with Crippen LogP contribution in [0.25, 0.3) is 86.3 Å². The molecule has 7 heteroatoms. The highest BCUT2D eigenvalue weighted by Gasteiger charge is 2.28. The number of hydrogen-bond donors (Lipinski definition) is 2. The lowest BCUT2D eigenvalue weighted by atomic mass is 9.96. The van der Waals surface area contributed by atoms with Gasteiger partial charge in [0.25, 0.3) is 0 Å².